The molecule has 0 fully saturated rings. The quantitative estimate of drug-likeness (QED) is 0.256. The molecular weight excluding hydrogens is 420 g/mol. The van der Waals surface area contributed by atoms with Gasteiger partial charge in [0, 0.05) is 36.5 Å². The average molecular weight is 449 g/mol. The maximum atomic E-state index is 12.2. The number of rotatable bonds is 11. The topological polar surface area (TPSA) is 97.1 Å². The first-order chi connectivity index (χ1) is 16.0. The summed E-state index contributed by atoms with van der Waals surface area (Å²) in [5, 5.41) is 17.3. The summed E-state index contributed by atoms with van der Waals surface area (Å²) in [6, 6.07) is 18.2. The number of carbonyl (C=O) groups is 1. The number of benzene rings is 3. The number of carbonyl (C=O) groups excluding carboxylic acids is 1. The Morgan fingerprint density at radius 1 is 1.12 bits per heavy atom. The predicted molar refractivity (Wildman–Crippen MR) is 131 cm³/mol. The number of fused-ring (bicyclic) bond motifs is 1. The third-order valence-corrected chi connectivity index (χ3v) is 5.21. The van der Waals surface area contributed by atoms with Gasteiger partial charge in [0.15, 0.2) is 6.61 Å². The largest absolute Gasteiger partial charge is 0.484 e. The molecule has 3 aromatic carbocycles. The molecule has 0 saturated carbocycles. The number of nitro groups is 1. The summed E-state index contributed by atoms with van der Waals surface area (Å²) in [5.74, 6) is 0.160. The molecule has 172 valence electrons. The summed E-state index contributed by atoms with van der Waals surface area (Å²) in [4.78, 5) is 25.1. The number of anilines is 1. The zero-order valence-corrected chi connectivity index (χ0v) is 18.9. The first-order valence-corrected chi connectivity index (χ1v) is 11.0. The van der Waals surface area contributed by atoms with Crippen LogP contribution in [0.3, 0.4) is 0 Å². The molecule has 0 atom stereocenters. The molecule has 8 heteroatoms. The Balaban J connectivity index is 1.66. The molecule has 0 unspecified atom stereocenters. The number of ether oxygens (including phenoxy) is 1. The average Bonchev–Trinajstić information content (AvgIpc) is 2.83. The fourth-order valence-corrected chi connectivity index (χ4v) is 3.46. The number of unbranched alkanes of at least 4 members (excludes halogenated alkanes) is 1. The molecule has 3 aromatic rings. The van der Waals surface area contributed by atoms with Crippen LogP contribution in [0.4, 0.5) is 11.4 Å². The molecule has 0 saturated heterocycles. The van der Waals surface area contributed by atoms with Crippen molar-refractivity contribution in [1.82, 2.24) is 5.43 Å². The lowest BCUT2D eigenvalue weighted by atomic mass is 10.1. The van der Waals surface area contributed by atoms with Crippen molar-refractivity contribution in [2.45, 2.75) is 26.7 Å². The van der Waals surface area contributed by atoms with Crippen molar-refractivity contribution in [3.8, 4) is 5.75 Å². The van der Waals surface area contributed by atoms with Gasteiger partial charge < -0.3 is 9.64 Å². The van der Waals surface area contributed by atoms with E-state index in [4.69, 9.17) is 4.74 Å². The highest BCUT2D eigenvalue weighted by Gasteiger charge is 2.14. The Kier molecular flexibility index (Phi) is 8.35. The summed E-state index contributed by atoms with van der Waals surface area (Å²) >= 11 is 0. The molecule has 1 amide bonds. The van der Waals surface area contributed by atoms with Gasteiger partial charge >= 0.3 is 0 Å². The van der Waals surface area contributed by atoms with Crippen LogP contribution in [-0.2, 0) is 4.79 Å². The van der Waals surface area contributed by atoms with Crippen LogP contribution in [0.25, 0.3) is 10.8 Å². The van der Waals surface area contributed by atoms with Crippen molar-refractivity contribution >= 4 is 34.3 Å². The first kappa shape index (κ1) is 23.7. The summed E-state index contributed by atoms with van der Waals surface area (Å²) in [6.45, 7) is 5.53. The fraction of sp³-hybridized carbons (Fsp3) is 0.280. The van der Waals surface area contributed by atoms with Crippen molar-refractivity contribution in [3.05, 3.63) is 76.3 Å². The van der Waals surface area contributed by atoms with Gasteiger partial charge in [-0.05, 0) is 42.3 Å². The van der Waals surface area contributed by atoms with E-state index < -0.39 is 10.8 Å². The third-order valence-electron chi connectivity index (χ3n) is 5.21. The normalized spacial score (nSPS) is 11.0. The lowest BCUT2D eigenvalue weighted by molar-refractivity contribution is -0.384. The molecule has 0 spiro atoms. The minimum atomic E-state index is -0.445. The molecule has 0 aliphatic carbocycles. The van der Waals surface area contributed by atoms with Gasteiger partial charge in [0.1, 0.15) is 5.75 Å². The molecule has 0 aromatic heterocycles. The maximum Gasteiger partial charge on any atom is 0.277 e. The van der Waals surface area contributed by atoms with Gasteiger partial charge in [-0.2, -0.15) is 5.10 Å². The highest BCUT2D eigenvalue weighted by Crippen LogP contribution is 2.25. The highest BCUT2D eigenvalue weighted by molar-refractivity contribution is 5.90. The Labute approximate surface area is 193 Å². The molecule has 0 aliphatic rings. The van der Waals surface area contributed by atoms with E-state index in [0.29, 0.717) is 11.3 Å². The fourth-order valence-electron chi connectivity index (χ4n) is 3.46. The van der Waals surface area contributed by atoms with Gasteiger partial charge in [-0.1, -0.05) is 43.7 Å². The van der Waals surface area contributed by atoms with Crippen LogP contribution < -0.4 is 15.1 Å². The molecule has 1 N–H and O–H groups in total. The summed E-state index contributed by atoms with van der Waals surface area (Å²) < 4.78 is 5.57. The van der Waals surface area contributed by atoms with Gasteiger partial charge in [0.25, 0.3) is 11.6 Å². The Hall–Kier alpha value is -3.94. The standard InChI is InChI=1S/C25H28N4O4/c1-3-5-14-28(4-2)24-13-11-22(29(31)32)15-21(24)17-26-27-25(30)18-33-23-12-10-19-8-6-7-9-20(19)16-23/h6-13,15-17H,3-5,14,18H2,1-2H3,(H,27,30). The minimum Gasteiger partial charge on any atom is -0.484 e. The van der Waals surface area contributed by atoms with Crippen LogP contribution >= 0.6 is 0 Å². The Morgan fingerprint density at radius 3 is 2.64 bits per heavy atom. The van der Waals surface area contributed by atoms with E-state index in [2.05, 4.69) is 22.4 Å². The van der Waals surface area contributed by atoms with Gasteiger partial charge in [-0.3, -0.25) is 14.9 Å². The molecule has 0 aliphatic heterocycles. The molecule has 0 heterocycles. The number of amides is 1. The molecule has 3 rings (SSSR count). The van der Waals surface area contributed by atoms with Gasteiger partial charge in [0.2, 0.25) is 0 Å². The number of hydrogen-bond donors (Lipinski definition) is 1. The van der Waals surface area contributed by atoms with Crippen LogP contribution in [0.2, 0.25) is 0 Å². The second-order valence-electron chi connectivity index (χ2n) is 7.52. The monoisotopic (exact) mass is 448 g/mol. The van der Waals surface area contributed by atoms with Crippen molar-refractivity contribution in [1.29, 1.82) is 0 Å². The Morgan fingerprint density at radius 2 is 1.91 bits per heavy atom. The maximum absolute atomic E-state index is 12.2. The van der Waals surface area contributed by atoms with Crippen LogP contribution in [0, 0.1) is 10.1 Å². The smallest absolute Gasteiger partial charge is 0.277 e. The van der Waals surface area contributed by atoms with E-state index in [1.807, 2.05) is 49.4 Å². The number of non-ortho nitro benzene ring substituents is 1. The molecule has 33 heavy (non-hydrogen) atoms. The van der Waals surface area contributed by atoms with E-state index in [1.165, 1.54) is 18.3 Å². The van der Waals surface area contributed by atoms with E-state index in [-0.39, 0.29) is 12.3 Å². The van der Waals surface area contributed by atoms with Crippen molar-refractivity contribution in [2.75, 3.05) is 24.6 Å². The molecular formula is C25H28N4O4. The van der Waals surface area contributed by atoms with Crippen LogP contribution in [0.5, 0.6) is 5.75 Å². The molecule has 0 radical (unpaired) electrons. The Bertz CT molecular complexity index is 1150. The third kappa shape index (κ3) is 6.52. The second-order valence-corrected chi connectivity index (χ2v) is 7.52. The number of hydrazone groups is 1. The summed E-state index contributed by atoms with van der Waals surface area (Å²) in [5.41, 5.74) is 3.80. The van der Waals surface area contributed by atoms with Crippen LogP contribution in [0.15, 0.2) is 65.8 Å². The van der Waals surface area contributed by atoms with Crippen LogP contribution in [0.1, 0.15) is 32.3 Å². The number of hydrogen-bond acceptors (Lipinski definition) is 6. The minimum absolute atomic E-state index is 0.0299. The zero-order chi connectivity index (χ0) is 23.6. The molecule has 8 nitrogen and oxygen atoms in total. The highest BCUT2D eigenvalue weighted by atomic mass is 16.6. The van der Waals surface area contributed by atoms with Crippen molar-refractivity contribution in [2.24, 2.45) is 5.10 Å². The molecule has 0 bridgehead atoms. The predicted octanol–water partition coefficient (Wildman–Crippen LogP) is 4.90. The first-order valence-electron chi connectivity index (χ1n) is 11.0. The second kappa shape index (κ2) is 11.6. The number of nitro benzene ring substituents is 1. The van der Waals surface area contributed by atoms with Gasteiger partial charge in [-0.15, -0.1) is 0 Å². The lowest BCUT2D eigenvalue weighted by Crippen LogP contribution is -2.26. The van der Waals surface area contributed by atoms with E-state index >= 15 is 0 Å². The van der Waals surface area contributed by atoms with Gasteiger partial charge in [0.05, 0.1) is 11.1 Å². The van der Waals surface area contributed by atoms with Crippen molar-refractivity contribution in [3.63, 3.8) is 0 Å². The van der Waals surface area contributed by atoms with E-state index in [0.717, 1.165) is 42.4 Å². The SMILES string of the molecule is CCCCN(CC)c1ccc([N+](=O)[O-])cc1C=NNC(=O)COc1ccc2ccccc2c1. The summed E-state index contributed by atoms with van der Waals surface area (Å²) in [7, 11) is 0. The number of nitrogens with zero attached hydrogens (tertiary/aromatic N) is 3. The van der Waals surface area contributed by atoms with E-state index in [9.17, 15) is 14.9 Å². The van der Waals surface area contributed by atoms with E-state index in [1.54, 1.807) is 6.07 Å². The zero-order valence-electron chi connectivity index (χ0n) is 18.9. The van der Waals surface area contributed by atoms with Crippen LogP contribution in [-0.4, -0.2) is 36.7 Å². The lowest BCUT2D eigenvalue weighted by Gasteiger charge is -2.24. The van der Waals surface area contributed by atoms with Gasteiger partial charge in [-0.25, -0.2) is 5.43 Å². The van der Waals surface area contributed by atoms with Crippen molar-refractivity contribution < 1.29 is 14.5 Å². The summed E-state index contributed by atoms with van der Waals surface area (Å²) in [6.07, 6.45) is 3.48. The number of nitrogens with one attached hydrogen (secondary N) is 1.